The molecule has 1 aromatic heterocycles. The van der Waals surface area contributed by atoms with Gasteiger partial charge in [0.2, 0.25) is 5.78 Å². The van der Waals surface area contributed by atoms with Gasteiger partial charge in [0.25, 0.3) is 0 Å². The molecule has 1 aliphatic carbocycles. The van der Waals surface area contributed by atoms with E-state index in [0.717, 1.165) is 12.5 Å². The number of likely N-dealkylation sites (tertiary alicyclic amines) is 1. The minimum absolute atomic E-state index is 0.127. The van der Waals surface area contributed by atoms with Crippen LogP contribution in [-0.2, 0) is 0 Å². The molecule has 2 unspecified atom stereocenters. The molecule has 92 valence electrons. The Morgan fingerprint density at radius 3 is 3.06 bits per heavy atom. The van der Waals surface area contributed by atoms with Gasteiger partial charge in [-0.15, -0.1) is 0 Å². The average molecular weight is 233 g/mol. The Kier molecular flexibility index (Phi) is 3.02. The third-order valence-corrected chi connectivity index (χ3v) is 4.25. The molecule has 0 N–H and O–H groups in total. The highest BCUT2D eigenvalue weighted by atomic mass is 16.3. The molecule has 0 spiro atoms. The first-order valence-corrected chi connectivity index (χ1v) is 6.65. The molecule has 1 saturated heterocycles. The van der Waals surface area contributed by atoms with Gasteiger partial charge in [-0.25, -0.2) is 0 Å². The van der Waals surface area contributed by atoms with Gasteiger partial charge in [0.1, 0.15) is 0 Å². The summed E-state index contributed by atoms with van der Waals surface area (Å²) in [5.74, 6) is 1.47. The van der Waals surface area contributed by atoms with Crippen LogP contribution in [0, 0.1) is 5.92 Å². The first-order chi connectivity index (χ1) is 8.34. The van der Waals surface area contributed by atoms with Crippen LogP contribution in [0.2, 0.25) is 0 Å². The lowest BCUT2D eigenvalue weighted by molar-refractivity contribution is 0.0753. The maximum atomic E-state index is 12.0. The second-order valence-corrected chi connectivity index (χ2v) is 5.27. The number of hydrogen-bond acceptors (Lipinski definition) is 3. The predicted molar refractivity (Wildman–Crippen MR) is 65.0 cm³/mol. The van der Waals surface area contributed by atoms with Crippen LogP contribution in [0.15, 0.2) is 22.8 Å². The summed E-state index contributed by atoms with van der Waals surface area (Å²) in [5.41, 5.74) is 0. The molecule has 0 radical (unpaired) electrons. The van der Waals surface area contributed by atoms with E-state index in [1.807, 2.05) is 0 Å². The van der Waals surface area contributed by atoms with E-state index in [1.165, 1.54) is 32.1 Å². The highest BCUT2D eigenvalue weighted by Crippen LogP contribution is 2.36. The molecule has 0 amide bonds. The van der Waals surface area contributed by atoms with E-state index in [2.05, 4.69) is 4.90 Å². The van der Waals surface area contributed by atoms with Crippen molar-refractivity contribution in [2.45, 2.75) is 38.1 Å². The van der Waals surface area contributed by atoms with Gasteiger partial charge in [-0.1, -0.05) is 6.42 Å². The number of Topliss-reactive ketones (excluding diaryl/α,β-unsaturated/α-hetero) is 1. The number of furan rings is 1. The highest BCUT2D eigenvalue weighted by Gasteiger charge is 2.35. The molecule has 0 bridgehead atoms. The second-order valence-electron chi connectivity index (χ2n) is 5.27. The normalized spacial score (nSPS) is 29.2. The van der Waals surface area contributed by atoms with Gasteiger partial charge in [0.15, 0.2) is 5.76 Å². The number of fused-ring (bicyclic) bond motifs is 1. The van der Waals surface area contributed by atoms with Gasteiger partial charge in [0.05, 0.1) is 12.8 Å². The summed E-state index contributed by atoms with van der Waals surface area (Å²) in [6, 6.07) is 4.20. The summed E-state index contributed by atoms with van der Waals surface area (Å²) in [7, 11) is 0. The van der Waals surface area contributed by atoms with Crippen LogP contribution in [0.25, 0.3) is 0 Å². The Morgan fingerprint density at radius 2 is 2.24 bits per heavy atom. The van der Waals surface area contributed by atoms with Gasteiger partial charge >= 0.3 is 0 Å². The van der Waals surface area contributed by atoms with Crippen molar-refractivity contribution in [1.82, 2.24) is 4.90 Å². The Bertz CT molecular complexity index is 385. The molecule has 2 fully saturated rings. The number of hydrogen-bond donors (Lipinski definition) is 0. The zero-order valence-electron chi connectivity index (χ0n) is 10.1. The van der Waals surface area contributed by atoms with E-state index in [9.17, 15) is 4.79 Å². The highest BCUT2D eigenvalue weighted by molar-refractivity contribution is 5.95. The number of ketones is 1. The largest absolute Gasteiger partial charge is 0.461 e. The Balaban J connectivity index is 1.66. The quantitative estimate of drug-likeness (QED) is 0.753. The monoisotopic (exact) mass is 233 g/mol. The molecule has 17 heavy (non-hydrogen) atoms. The van der Waals surface area contributed by atoms with Crippen molar-refractivity contribution in [2.75, 3.05) is 13.1 Å². The number of carbonyl (C=O) groups is 1. The third-order valence-electron chi connectivity index (χ3n) is 4.25. The molecule has 2 atom stereocenters. The minimum atomic E-state index is 0.127. The van der Waals surface area contributed by atoms with E-state index in [4.69, 9.17) is 4.42 Å². The first kappa shape index (κ1) is 11.0. The predicted octanol–water partition coefficient (Wildman–Crippen LogP) is 2.73. The van der Waals surface area contributed by atoms with Crippen LogP contribution in [-0.4, -0.2) is 29.8 Å². The summed E-state index contributed by atoms with van der Waals surface area (Å²) < 4.78 is 5.17. The van der Waals surface area contributed by atoms with Crippen molar-refractivity contribution in [3.63, 3.8) is 0 Å². The summed E-state index contributed by atoms with van der Waals surface area (Å²) in [4.78, 5) is 14.4. The summed E-state index contributed by atoms with van der Waals surface area (Å²) in [6.45, 7) is 1.61. The maximum Gasteiger partial charge on any atom is 0.211 e. The number of carbonyl (C=O) groups excluding carboxylic acids is 1. The molecule has 2 aliphatic rings. The Morgan fingerprint density at radius 1 is 1.35 bits per heavy atom. The standard InChI is InChI=1S/C14H19NO2/c16-13(14-7-3-9-17-14)10-15-8-2-5-11-4-1-6-12(11)15/h3,7,9,11-12H,1-2,4-6,8,10H2. The van der Waals surface area contributed by atoms with E-state index < -0.39 is 0 Å². The minimum Gasteiger partial charge on any atom is -0.461 e. The van der Waals surface area contributed by atoms with E-state index in [1.54, 1.807) is 18.4 Å². The van der Waals surface area contributed by atoms with Crippen LogP contribution in [0.4, 0.5) is 0 Å². The van der Waals surface area contributed by atoms with Gasteiger partial charge in [0, 0.05) is 6.04 Å². The fourth-order valence-electron chi connectivity index (χ4n) is 3.45. The van der Waals surface area contributed by atoms with Gasteiger partial charge in [-0.3, -0.25) is 9.69 Å². The molecule has 3 rings (SSSR count). The average Bonchev–Trinajstić information content (AvgIpc) is 3.00. The van der Waals surface area contributed by atoms with E-state index >= 15 is 0 Å². The number of rotatable bonds is 3. The summed E-state index contributed by atoms with van der Waals surface area (Å²) >= 11 is 0. The van der Waals surface area contributed by atoms with Crippen molar-refractivity contribution < 1.29 is 9.21 Å². The van der Waals surface area contributed by atoms with Crippen LogP contribution in [0.3, 0.4) is 0 Å². The van der Waals surface area contributed by atoms with E-state index in [0.29, 0.717) is 18.3 Å². The SMILES string of the molecule is O=C(CN1CCCC2CCCC21)c1ccco1. The van der Waals surface area contributed by atoms with Crippen molar-refractivity contribution in [3.05, 3.63) is 24.2 Å². The zero-order chi connectivity index (χ0) is 11.7. The maximum absolute atomic E-state index is 12.0. The van der Waals surface area contributed by atoms with Gasteiger partial charge in [-0.2, -0.15) is 0 Å². The second kappa shape index (κ2) is 4.65. The zero-order valence-corrected chi connectivity index (χ0v) is 10.1. The lowest BCUT2D eigenvalue weighted by Gasteiger charge is -2.37. The molecule has 1 aliphatic heterocycles. The fourth-order valence-corrected chi connectivity index (χ4v) is 3.45. The first-order valence-electron chi connectivity index (χ1n) is 6.65. The summed E-state index contributed by atoms with van der Waals surface area (Å²) in [5, 5.41) is 0. The van der Waals surface area contributed by atoms with Crippen molar-refractivity contribution in [1.29, 1.82) is 0 Å². The fraction of sp³-hybridized carbons (Fsp3) is 0.643. The van der Waals surface area contributed by atoms with Crippen molar-refractivity contribution >= 4 is 5.78 Å². The Labute approximate surface area is 102 Å². The van der Waals surface area contributed by atoms with Crippen LogP contribution >= 0.6 is 0 Å². The Hall–Kier alpha value is -1.09. The lowest BCUT2D eigenvalue weighted by Crippen LogP contribution is -2.45. The number of piperidine rings is 1. The van der Waals surface area contributed by atoms with Crippen LogP contribution in [0.5, 0.6) is 0 Å². The molecule has 1 aromatic rings. The van der Waals surface area contributed by atoms with Gasteiger partial charge in [-0.05, 0) is 50.3 Å². The topological polar surface area (TPSA) is 33.5 Å². The van der Waals surface area contributed by atoms with Gasteiger partial charge < -0.3 is 4.42 Å². The third kappa shape index (κ3) is 2.16. The van der Waals surface area contributed by atoms with Crippen molar-refractivity contribution in [3.8, 4) is 0 Å². The molecule has 1 saturated carbocycles. The molecule has 2 heterocycles. The number of nitrogens with zero attached hydrogens (tertiary/aromatic N) is 1. The van der Waals surface area contributed by atoms with Crippen LogP contribution < -0.4 is 0 Å². The van der Waals surface area contributed by atoms with Crippen molar-refractivity contribution in [2.24, 2.45) is 5.92 Å². The lowest BCUT2D eigenvalue weighted by atomic mass is 9.92. The summed E-state index contributed by atoms with van der Waals surface area (Å²) in [6.07, 6.45) is 8.14. The smallest absolute Gasteiger partial charge is 0.211 e. The molecule has 0 aromatic carbocycles. The molecule has 3 nitrogen and oxygen atoms in total. The van der Waals surface area contributed by atoms with Crippen LogP contribution in [0.1, 0.15) is 42.7 Å². The van der Waals surface area contributed by atoms with E-state index in [-0.39, 0.29) is 5.78 Å². The molecule has 3 heteroatoms. The molecular weight excluding hydrogens is 214 g/mol. The molecular formula is C14H19NO2.